The molecule has 2 aliphatic rings. The van der Waals surface area contributed by atoms with Gasteiger partial charge in [-0.1, -0.05) is 19.8 Å². The van der Waals surface area contributed by atoms with Crippen molar-refractivity contribution in [2.45, 2.75) is 64.5 Å². The van der Waals surface area contributed by atoms with Crippen LogP contribution in [0.5, 0.6) is 0 Å². The van der Waals surface area contributed by atoms with E-state index in [0.717, 1.165) is 19.0 Å². The Kier molecular flexibility index (Phi) is 4.43. The highest BCUT2D eigenvalue weighted by atomic mass is 16.2. The normalized spacial score (nSPS) is 30.8. The fourth-order valence-corrected chi connectivity index (χ4v) is 3.35. The van der Waals surface area contributed by atoms with Crippen molar-refractivity contribution in [2.24, 2.45) is 5.92 Å². The van der Waals surface area contributed by atoms with Crippen LogP contribution in [0.3, 0.4) is 0 Å². The van der Waals surface area contributed by atoms with Gasteiger partial charge in [0.05, 0.1) is 6.04 Å². The Morgan fingerprint density at radius 2 is 2.00 bits per heavy atom. The number of nitrogens with zero attached hydrogens (tertiary/aromatic N) is 1. The summed E-state index contributed by atoms with van der Waals surface area (Å²) in [4.78, 5) is 14.2. The maximum Gasteiger partial charge on any atom is 0.239 e. The van der Waals surface area contributed by atoms with Gasteiger partial charge in [-0.05, 0) is 38.5 Å². The Morgan fingerprint density at radius 1 is 1.29 bits per heavy atom. The van der Waals surface area contributed by atoms with Crippen LogP contribution in [-0.2, 0) is 4.79 Å². The van der Waals surface area contributed by atoms with Gasteiger partial charge >= 0.3 is 0 Å². The van der Waals surface area contributed by atoms with Crippen LogP contribution >= 0.6 is 0 Å². The van der Waals surface area contributed by atoms with Crippen LogP contribution in [0.1, 0.15) is 52.4 Å². The predicted molar refractivity (Wildman–Crippen MR) is 69.8 cm³/mol. The van der Waals surface area contributed by atoms with Crippen LogP contribution in [0.15, 0.2) is 0 Å². The van der Waals surface area contributed by atoms with Gasteiger partial charge in [0.2, 0.25) is 5.91 Å². The lowest BCUT2D eigenvalue weighted by Crippen LogP contribution is -2.48. The lowest BCUT2D eigenvalue weighted by Gasteiger charge is -2.26. The molecule has 0 aromatic carbocycles. The summed E-state index contributed by atoms with van der Waals surface area (Å²) in [5, 5.41) is 3.57. The van der Waals surface area contributed by atoms with Gasteiger partial charge in [0.1, 0.15) is 0 Å². The van der Waals surface area contributed by atoms with Crippen LogP contribution < -0.4 is 5.32 Å². The minimum Gasteiger partial charge on any atom is -0.341 e. The average molecular weight is 238 g/mol. The molecule has 2 rings (SSSR count). The molecule has 3 nitrogen and oxygen atoms in total. The maximum absolute atomic E-state index is 12.2. The Balaban J connectivity index is 1.83. The zero-order valence-electron chi connectivity index (χ0n) is 11.2. The molecule has 1 N–H and O–H groups in total. The quantitative estimate of drug-likeness (QED) is 0.814. The van der Waals surface area contributed by atoms with Crippen LogP contribution in [-0.4, -0.2) is 36.0 Å². The molecule has 1 saturated heterocycles. The number of amides is 1. The topological polar surface area (TPSA) is 32.3 Å². The molecule has 1 aliphatic carbocycles. The molecule has 0 radical (unpaired) electrons. The lowest BCUT2D eigenvalue weighted by atomic mass is 10.00. The van der Waals surface area contributed by atoms with E-state index in [4.69, 9.17) is 0 Å². The van der Waals surface area contributed by atoms with Crippen molar-refractivity contribution >= 4 is 5.91 Å². The number of nitrogens with one attached hydrogen (secondary N) is 1. The Labute approximate surface area is 105 Å². The Morgan fingerprint density at radius 3 is 2.65 bits per heavy atom. The van der Waals surface area contributed by atoms with E-state index in [0.29, 0.717) is 11.9 Å². The summed E-state index contributed by atoms with van der Waals surface area (Å²) < 4.78 is 0. The molecular weight excluding hydrogens is 212 g/mol. The predicted octanol–water partition coefficient (Wildman–Crippen LogP) is 2.17. The number of rotatable bonds is 4. The third kappa shape index (κ3) is 3.01. The van der Waals surface area contributed by atoms with E-state index in [1.54, 1.807) is 0 Å². The van der Waals surface area contributed by atoms with Gasteiger partial charge < -0.3 is 10.2 Å². The third-order valence-electron chi connectivity index (χ3n) is 4.44. The number of carbonyl (C=O) groups is 1. The molecule has 3 atom stereocenters. The van der Waals surface area contributed by atoms with E-state index >= 15 is 0 Å². The maximum atomic E-state index is 12.2. The van der Waals surface area contributed by atoms with Gasteiger partial charge in [0.15, 0.2) is 0 Å². The first kappa shape index (κ1) is 12.9. The molecule has 0 spiro atoms. The van der Waals surface area contributed by atoms with Crippen molar-refractivity contribution in [3.05, 3.63) is 0 Å². The average Bonchev–Trinajstić information content (AvgIpc) is 2.98. The smallest absolute Gasteiger partial charge is 0.239 e. The van der Waals surface area contributed by atoms with Crippen molar-refractivity contribution in [1.29, 1.82) is 0 Å². The largest absolute Gasteiger partial charge is 0.341 e. The van der Waals surface area contributed by atoms with Crippen molar-refractivity contribution in [2.75, 3.05) is 13.1 Å². The zero-order chi connectivity index (χ0) is 12.3. The molecule has 17 heavy (non-hydrogen) atoms. The highest BCUT2D eigenvalue weighted by Crippen LogP contribution is 2.28. The molecule has 2 fully saturated rings. The zero-order valence-corrected chi connectivity index (χ0v) is 11.2. The molecule has 3 heteroatoms. The van der Waals surface area contributed by atoms with Crippen LogP contribution in [0.25, 0.3) is 0 Å². The second-order valence-electron chi connectivity index (χ2n) is 5.63. The first-order valence-electron chi connectivity index (χ1n) is 7.27. The number of carbonyl (C=O) groups excluding carboxylic acids is 1. The summed E-state index contributed by atoms with van der Waals surface area (Å²) in [6, 6.07) is 0.576. The van der Waals surface area contributed by atoms with Gasteiger partial charge in [0, 0.05) is 19.1 Å². The van der Waals surface area contributed by atoms with Crippen LogP contribution in [0.4, 0.5) is 0 Å². The summed E-state index contributed by atoms with van der Waals surface area (Å²) >= 11 is 0. The fraction of sp³-hybridized carbons (Fsp3) is 0.929. The monoisotopic (exact) mass is 238 g/mol. The molecule has 1 amide bonds. The summed E-state index contributed by atoms with van der Waals surface area (Å²) in [6.45, 7) is 6.22. The van der Waals surface area contributed by atoms with Crippen molar-refractivity contribution in [3.63, 3.8) is 0 Å². The van der Waals surface area contributed by atoms with Crippen LogP contribution in [0.2, 0.25) is 0 Å². The number of hydrogen-bond acceptors (Lipinski definition) is 2. The first-order chi connectivity index (χ1) is 8.22. The third-order valence-corrected chi connectivity index (χ3v) is 4.44. The van der Waals surface area contributed by atoms with Crippen molar-refractivity contribution in [1.82, 2.24) is 10.2 Å². The molecule has 0 aromatic heterocycles. The van der Waals surface area contributed by atoms with E-state index in [1.807, 2.05) is 11.8 Å². The summed E-state index contributed by atoms with van der Waals surface area (Å²) in [7, 11) is 0. The second-order valence-corrected chi connectivity index (χ2v) is 5.63. The molecule has 1 aliphatic heterocycles. The summed E-state index contributed by atoms with van der Waals surface area (Å²) in [5.74, 6) is 1.09. The van der Waals surface area contributed by atoms with Gasteiger partial charge in [-0.2, -0.15) is 0 Å². The first-order valence-corrected chi connectivity index (χ1v) is 7.27. The number of likely N-dealkylation sites (tertiary alicyclic amines) is 1. The van der Waals surface area contributed by atoms with E-state index in [-0.39, 0.29) is 6.04 Å². The van der Waals surface area contributed by atoms with E-state index in [1.165, 1.54) is 38.5 Å². The standard InChI is InChI=1S/C14H26N2O/c1-3-12-7-6-8-13(12)15-11(2)14(17)16-9-4-5-10-16/h11-13,15H,3-10H2,1-2H3. The lowest BCUT2D eigenvalue weighted by molar-refractivity contribution is -0.132. The van der Waals surface area contributed by atoms with Gasteiger partial charge in [-0.3, -0.25) is 4.79 Å². The van der Waals surface area contributed by atoms with E-state index < -0.39 is 0 Å². The van der Waals surface area contributed by atoms with Gasteiger partial charge in [-0.25, -0.2) is 0 Å². The molecule has 98 valence electrons. The van der Waals surface area contributed by atoms with E-state index in [2.05, 4.69) is 12.2 Å². The molecule has 3 unspecified atom stereocenters. The molecule has 1 saturated carbocycles. The van der Waals surface area contributed by atoms with E-state index in [9.17, 15) is 4.79 Å². The fourth-order valence-electron chi connectivity index (χ4n) is 3.35. The summed E-state index contributed by atoms with van der Waals surface area (Å²) in [6.07, 6.45) is 7.50. The number of hydrogen-bond donors (Lipinski definition) is 1. The van der Waals surface area contributed by atoms with Gasteiger partial charge in [0.25, 0.3) is 0 Å². The Bertz CT molecular complexity index is 261. The highest BCUT2D eigenvalue weighted by Gasteiger charge is 2.30. The van der Waals surface area contributed by atoms with Crippen LogP contribution in [0, 0.1) is 5.92 Å². The van der Waals surface area contributed by atoms with Crippen molar-refractivity contribution in [3.8, 4) is 0 Å². The van der Waals surface area contributed by atoms with Crippen molar-refractivity contribution < 1.29 is 4.79 Å². The molecule has 0 bridgehead atoms. The Hall–Kier alpha value is -0.570. The molecular formula is C14H26N2O. The molecule has 1 heterocycles. The minimum absolute atomic E-state index is 0.00486. The summed E-state index contributed by atoms with van der Waals surface area (Å²) in [5.41, 5.74) is 0. The highest BCUT2D eigenvalue weighted by molar-refractivity contribution is 5.81. The SMILES string of the molecule is CCC1CCCC1NC(C)C(=O)N1CCCC1. The minimum atomic E-state index is 0.00486. The second kappa shape index (κ2) is 5.85. The van der Waals surface area contributed by atoms with Gasteiger partial charge in [-0.15, -0.1) is 0 Å². The molecule has 0 aromatic rings.